The van der Waals surface area contributed by atoms with E-state index < -0.39 is 0 Å². The Bertz CT molecular complexity index is 683. The highest BCUT2D eigenvalue weighted by molar-refractivity contribution is 5.83. The van der Waals surface area contributed by atoms with Gasteiger partial charge in [-0.05, 0) is 37.6 Å². The molecule has 122 valence electrons. The lowest BCUT2D eigenvalue weighted by Crippen LogP contribution is -2.10. The number of aryl methyl sites for hydroxylation is 2. The van der Waals surface area contributed by atoms with Crippen LogP contribution in [0.2, 0.25) is 0 Å². The van der Waals surface area contributed by atoms with Crippen molar-refractivity contribution in [1.29, 1.82) is 0 Å². The van der Waals surface area contributed by atoms with E-state index in [9.17, 15) is 0 Å². The summed E-state index contributed by atoms with van der Waals surface area (Å²) >= 11 is 0. The highest BCUT2D eigenvalue weighted by atomic mass is 16.5. The molecule has 1 N–H and O–H groups in total. The van der Waals surface area contributed by atoms with Crippen molar-refractivity contribution in [2.75, 3.05) is 20.3 Å². The van der Waals surface area contributed by atoms with E-state index in [1.807, 2.05) is 26.0 Å². The van der Waals surface area contributed by atoms with Crippen LogP contribution in [0, 0.1) is 13.8 Å². The van der Waals surface area contributed by atoms with Gasteiger partial charge < -0.3 is 19.4 Å². The Morgan fingerprint density at radius 3 is 2.39 bits per heavy atom. The van der Waals surface area contributed by atoms with Crippen LogP contribution < -0.4 is 14.2 Å². The fourth-order valence-electron chi connectivity index (χ4n) is 2.20. The minimum absolute atomic E-state index is 0.368. The molecule has 0 aromatic heterocycles. The molecule has 0 radical (unpaired) electrons. The minimum Gasteiger partial charge on any atom is -0.497 e. The van der Waals surface area contributed by atoms with Gasteiger partial charge in [-0.2, -0.15) is 0 Å². The van der Waals surface area contributed by atoms with Crippen LogP contribution in [0.5, 0.6) is 17.2 Å². The molecule has 5 heteroatoms. The van der Waals surface area contributed by atoms with Crippen molar-refractivity contribution in [2.24, 2.45) is 5.16 Å². The van der Waals surface area contributed by atoms with Crippen molar-refractivity contribution < 1.29 is 19.4 Å². The Hall–Kier alpha value is -2.69. The standard InChI is InChI=1S/C18H21NO4/c1-13-4-7-17(14(2)10-13)22-8-9-23-18-11-16(21-3)6-5-15(18)12-19-20/h4-7,10-12,20H,8-9H2,1-3H3. The Balaban J connectivity index is 1.95. The van der Waals surface area contributed by atoms with Gasteiger partial charge in [0.1, 0.15) is 30.5 Å². The van der Waals surface area contributed by atoms with E-state index in [0.717, 1.165) is 11.3 Å². The highest BCUT2D eigenvalue weighted by Crippen LogP contribution is 2.24. The van der Waals surface area contributed by atoms with E-state index in [0.29, 0.717) is 30.3 Å². The van der Waals surface area contributed by atoms with E-state index in [1.165, 1.54) is 11.8 Å². The molecule has 0 atom stereocenters. The van der Waals surface area contributed by atoms with Crippen LogP contribution in [0.3, 0.4) is 0 Å². The second-order valence-electron chi connectivity index (χ2n) is 5.11. The lowest BCUT2D eigenvalue weighted by molar-refractivity contribution is 0.215. The SMILES string of the molecule is COc1ccc(C=NO)c(OCCOc2ccc(C)cc2C)c1. The van der Waals surface area contributed by atoms with Crippen LogP contribution >= 0.6 is 0 Å². The summed E-state index contributed by atoms with van der Waals surface area (Å²) in [6.07, 6.45) is 1.32. The highest BCUT2D eigenvalue weighted by Gasteiger charge is 2.05. The number of hydrogen-bond donors (Lipinski definition) is 1. The molecule has 5 nitrogen and oxygen atoms in total. The molecule has 0 heterocycles. The molecular formula is C18H21NO4. The maximum absolute atomic E-state index is 8.70. The summed E-state index contributed by atoms with van der Waals surface area (Å²) in [6, 6.07) is 11.3. The molecule has 0 aliphatic carbocycles. The first-order chi connectivity index (χ1) is 11.1. The fourth-order valence-corrected chi connectivity index (χ4v) is 2.20. The molecule has 0 unspecified atom stereocenters. The van der Waals surface area contributed by atoms with Crippen LogP contribution in [0.4, 0.5) is 0 Å². The molecule has 0 aliphatic heterocycles. The van der Waals surface area contributed by atoms with E-state index in [4.69, 9.17) is 19.4 Å². The monoisotopic (exact) mass is 315 g/mol. The Morgan fingerprint density at radius 2 is 1.74 bits per heavy atom. The number of hydrogen-bond acceptors (Lipinski definition) is 5. The first-order valence-corrected chi connectivity index (χ1v) is 7.32. The largest absolute Gasteiger partial charge is 0.497 e. The summed E-state index contributed by atoms with van der Waals surface area (Å²) in [5.74, 6) is 2.10. The quantitative estimate of drug-likeness (QED) is 0.367. The zero-order valence-electron chi connectivity index (χ0n) is 13.6. The summed E-state index contributed by atoms with van der Waals surface area (Å²) in [5, 5.41) is 11.7. The molecule has 23 heavy (non-hydrogen) atoms. The van der Waals surface area contributed by atoms with Gasteiger partial charge in [-0.3, -0.25) is 0 Å². The van der Waals surface area contributed by atoms with Gasteiger partial charge >= 0.3 is 0 Å². The van der Waals surface area contributed by atoms with Crippen molar-refractivity contribution >= 4 is 6.21 Å². The number of ether oxygens (including phenoxy) is 3. The summed E-state index contributed by atoms with van der Waals surface area (Å²) < 4.78 is 16.6. The van der Waals surface area contributed by atoms with Crippen molar-refractivity contribution in [1.82, 2.24) is 0 Å². The van der Waals surface area contributed by atoms with Crippen molar-refractivity contribution in [3.63, 3.8) is 0 Å². The van der Waals surface area contributed by atoms with Gasteiger partial charge in [-0.1, -0.05) is 22.9 Å². The third kappa shape index (κ3) is 4.64. The summed E-state index contributed by atoms with van der Waals surface area (Å²) in [4.78, 5) is 0. The van der Waals surface area contributed by atoms with Crippen molar-refractivity contribution in [3.8, 4) is 17.2 Å². The maximum atomic E-state index is 8.70. The van der Waals surface area contributed by atoms with Crippen LogP contribution in [0.15, 0.2) is 41.6 Å². The van der Waals surface area contributed by atoms with Crippen molar-refractivity contribution in [2.45, 2.75) is 13.8 Å². The number of rotatable bonds is 7. The predicted octanol–water partition coefficient (Wildman–Crippen LogP) is 3.58. The van der Waals surface area contributed by atoms with E-state index in [-0.39, 0.29) is 0 Å². The lowest BCUT2D eigenvalue weighted by Gasteiger charge is -2.12. The summed E-state index contributed by atoms with van der Waals surface area (Å²) in [6.45, 7) is 4.84. The molecule has 0 spiro atoms. The van der Waals surface area contributed by atoms with E-state index >= 15 is 0 Å². The Kier molecular flexibility index (Phi) is 5.86. The maximum Gasteiger partial charge on any atom is 0.132 e. The molecule has 0 bridgehead atoms. The van der Waals surface area contributed by atoms with Gasteiger partial charge in [0.05, 0.1) is 13.3 Å². The fraction of sp³-hybridized carbons (Fsp3) is 0.278. The smallest absolute Gasteiger partial charge is 0.132 e. The predicted molar refractivity (Wildman–Crippen MR) is 89.3 cm³/mol. The number of nitrogens with zero attached hydrogens (tertiary/aromatic N) is 1. The zero-order valence-corrected chi connectivity index (χ0v) is 13.6. The molecule has 0 aliphatic rings. The van der Waals surface area contributed by atoms with Crippen LogP contribution in [0.1, 0.15) is 16.7 Å². The topological polar surface area (TPSA) is 60.3 Å². The van der Waals surface area contributed by atoms with Crippen LogP contribution in [-0.2, 0) is 0 Å². The molecular weight excluding hydrogens is 294 g/mol. The Morgan fingerprint density at radius 1 is 1.00 bits per heavy atom. The number of oxime groups is 1. The van der Waals surface area contributed by atoms with Crippen LogP contribution in [0.25, 0.3) is 0 Å². The molecule has 2 aromatic carbocycles. The zero-order chi connectivity index (χ0) is 16.7. The first-order valence-electron chi connectivity index (χ1n) is 7.32. The van der Waals surface area contributed by atoms with Gasteiger partial charge in [0, 0.05) is 11.6 Å². The molecule has 0 saturated heterocycles. The molecule has 0 saturated carbocycles. The molecule has 0 fully saturated rings. The first kappa shape index (κ1) is 16.7. The number of benzene rings is 2. The summed E-state index contributed by atoms with van der Waals surface area (Å²) in [5.41, 5.74) is 2.97. The average Bonchev–Trinajstić information content (AvgIpc) is 2.54. The molecule has 0 amide bonds. The average molecular weight is 315 g/mol. The van der Waals surface area contributed by atoms with E-state index in [2.05, 4.69) is 11.2 Å². The van der Waals surface area contributed by atoms with Gasteiger partial charge in [-0.15, -0.1) is 0 Å². The van der Waals surface area contributed by atoms with Gasteiger partial charge in [0.25, 0.3) is 0 Å². The Labute approximate surface area is 136 Å². The van der Waals surface area contributed by atoms with E-state index in [1.54, 1.807) is 25.3 Å². The summed E-state index contributed by atoms with van der Waals surface area (Å²) in [7, 11) is 1.59. The third-order valence-corrected chi connectivity index (χ3v) is 3.35. The molecule has 2 rings (SSSR count). The van der Waals surface area contributed by atoms with Gasteiger partial charge in [-0.25, -0.2) is 0 Å². The minimum atomic E-state index is 0.368. The third-order valence-electron chi connectivity index (χ3n) is 3.35. The number of methoxy groups -OCH3 is 1. The second kappa shape index (κ2) is 8.08. The lowest BCUT2D eigenvalue weighted by atomic mass is 10.1. The second-order valence-corrected chi connectivity index (χ2v) is 5.11. The van der Waals surface area contributed by atoms with Gasteiger partial charge in [0.2, 0.25) is 0 Å². The molecule has 2 aromatic rings. The van der Waals surface area contributed by atoms with Gasteiger partial charge in [0.15, 0.2) is 0 Å². The van der Waals surface area contributed by atoms with Crippen molar-refractivity contribution in [3.05, 3.63) is 53.1 Å². The van der Waals surface area contributed by atoms with Crippen LogP contribution in [-0.4, -0.2) is 31.7 Å². The normalized spacial score (nSPS) is 10.7.